The van der Waals surface area contributed by atoms with Crippen molar-refractivity contribution in [1.29, 1.82) is 0 Å². The van der Waals surface area contributed by atoms with Gasteiger partial charge >= 0.3 is 0 Å². The predicted molar refractivity (Wildman–Crippen MR) is 115 cm³/mol. The van der Waals surface area contributed by atoms with E-state index in [4.69, 9.17) is 23.2 Å². The number of hydrogen-bond acceptors (Lipinski definition) is 3. The van der Waals surface area contributed by atoms with Gasteiger partial charge in [0.05, 0.1) is 16.3 Å². The minimum Gasteiger partial charge on any atom is -0.295 e. The molecule has 0 atom stereocenters. The van der Waals surface area contributed by atoms with Crippen molar-refractivity contribution in [3.63, 3.8) is 0 Å². The summed E-state index contributed by atoms with van der Waals surface area (Å²) in [7, 11) is 0. The third-order valence-corrected chi connectivity index (χ3v) is 5.63. The second-order valence-electron chi connectivity index (χ2n) is 6.75. The predicted octanol–water partition coefficient (Wildman–Crippen LogP) is 5.30. The fourth-order valence-electron chi connectivity index (χ4n) is 3.46. The van der Waals surface area contributed by atoms with Crippen molar-refractivity contribution in [3.05, 3.63) is 81.8 Å². The van der Waals surface area contributed by atoms with Gasteiger partial charge in [0.1, 0.15) is 0 Å². The maximum atomic E-state index is 6.21. The van der Waals surface area contributed by atoms with Crippen molar-refractivity contribution < 1.29 is 0 Å². The number of fused-ring (bicyclic) bond motifs is 1. The second-order valence-corrected chi connectivity index (χ2v) is 7.56. The third-order valence-electron chi connectivity index (χ3n) is 4.97. The molecule has 1 aliphatic rings. The molecule has 0 amide bonds. The standard InChI is InChI=1S/C22H21Cl2N3/c23-21-9-4-10-22(24)20(21)15-25-27-13-11-26(12-14-27)16-18-7-3-6-17-5-1-2-8-19(17)18/h1-10,15H,11-14,16H2/b25-15+. The Morgan fingerprint density at radius 2 is 1.48 bits per heavy atom. The lowest BCUT2D eigenvalue weighted by Gasteiger charge is -2.33. The molecule has 0 N–H and O–H groups in total. The summed E-state index contributed by atoms with van der Waals surface area (Å²) >= 11 is 12.4. The molecule has 0 unspecified atom stereocenters. The first-order valence-corrected chi connectivity index (χ1v) is 9.88. The zero-order valence-corrected chi connectivity index (χ0v) is 16.5. The molecule has 0 aromatic heterocycles. The molecule has 3 nitrogen and oxygen atoms in total. The molecule has 1 heterocycles. The van der Waals surface area contributed by atoms with E-state index in [1.54, 1.807) is 6.21 Å². The maximum absolute atomic E-state index is 6.21. The van der Waals surface area contributed by atoms with E-state index in [-0.39, 0.29) is 0 Å². The van der Waals surface area contributed by atoms with E-state index < -0.39 is 0 Å². The molecule has 5 heteroatoms. The van der Waals surface area contributed by atoms with E-state index in [0.717, 1.165) is 38.3 Å². The topological polar surface area (TPSA) is 18.8 Å². The molecular formula is C22H21Cl2N3. The van der Waals surface area contributed by atoms with Crippen LogP contribution in [0.2, 0.25) is 10.0 Å². The zero-order valence-electron chi connectivity index (χ0n) is 15.0. The van der Waals surface area contributed by atoms with Crippen LogP contribution in [0.1, 0.15) is 11.1 Å². The molecular weight excluding hydrogens is 377 g/mol. The fourth-order valence-corrected chi connectivity index (χ4v) is 3.95. The van der Waals surface area contributed by atoms with Crippen molar-refractivity contribution >= 4 is 40.2 Å². The van der Waals surface area contributed by atoms with Crippen LogP contribution < -0.4 is 0 Å². The summed E-state index contributed by atoms with van der Waals surface area (Å²) in [5.74, 6) is 0. The van der Waals surface area contributed by atoms with Crippen molar-refractivity contribution in [2.24, 2.45) is 5.10 Å². The molecule has 27 heavy (non-hydrogen) atoms. The quantitative estimate of drug-likeness (QED) is 0.556. The van der Waals surface area contributed by atoms with Gasteiger partial charge in [0.25, 0.3) is 0 Å². The molecule has 1 saturated heterocycles. The summed E-state index contributed by atoms with van der Waals surface area (Å²) < 4.78 is 0. The van der Waals surface area contributed by atoms with E-state index in [0.29, 0.717) is 10.0 Å². The monoisotopic (exact) mass is 397 g/mol. The molecule has 0 spiro atoms. The lowest BCUT2D eigenvalue weighted by molar-refractivity contribution is 0.131. The number of hydrogen-bond donors (Lipinski definition) is 0. The highest BCUT2D eigenvalue weighted by Gasteiger charge is 2.16. The van der Waals surface area contributed by atoms with Crippen molar-refractivity contribution in [2.75, 3.05) is 26.2 Å². The summed E-state index contributed by atoms with van der Waals surface area (Å²) in [5.41, 5.74) is 2.16. The number of hydrazone groups is 1. The molecule has 4 rings (SSSR count). The van der Waals surface area contributed by atoms with Gasteiger partial charge in [0.15, 0.2) is 0 Å². The Kier molecular flexibility index (Phi) is 5.63. The van der Waals surface area contributed by atoms with Crippen LogP contribution >= 0.6 is 23.2 Å². The average Bonchev–Trinajstić information content (AvgIpc) is 2.69. The molecule has 0 aliphatic carbocycles. The number of piperazine rings is 1. The number of rotatable bonds is 4. The van der Waals surface area contributed by atoms with Crippen LogP contribution in [0.5, 0.6) is 0 Å². The van der Waals surface area contributed by atoms with Gasteiger partial charge < -0.3 is 0 Å². The van der Waals surface area contributed by atoms with E-state index in [1.165, 1.54) is 16.3 Å². The maximum Gasteiger partial charge on any atom is 0.0572 e. The fraction of sp³-hybridized carbons (Fsp3) is 0.227. The lowest BCUT2D eigenvalue weighted by Crippen LogP contribution is -2.43. The highest BCUT2D eigenvalue weighted by atomic mass is 35.5. The van der Waals surface area contributed by atoms with Gasteiger partial charge in [0, 0.05) is 38.3 Å². The van der Waals surface area contributed by atoms with Gasteiger partial charge in [-0.3, -0.25) is 9.91 Å². The van der Waals surface area contributed by atoms with Crippen molar-refractivity contribution in [3.8, 4) is 0 Å². The third kappa shape index (κ3) is 4.27. The van der Waals surface area contributed by atoms with Gasteiger partial charge in [0.2, 0.25) is 0 Å². The van der Waals surface area contributed by atoms with Crippen LogP contribution in [0.3, 0.4) is 0 Å². The minimum absolute atomic E-state index is 0.626. The number of benzene rings is 3. The molecule has 1 fully saturated rings. The molecule has 0 radical (unpaired) electrons. The first kappa shape index (κ1) is 18.3. The highest BCUT2D eigenvalue weighted by Crippen LogP contribution is 2.23. The Morgan fingerprint density at radius 1 is 0.815 bits per heavy atom. The van der Waals surface area contributed by atoms with Crippen LogP contribution in [0.15, 0.2) is 65.8 Å². The molecule has 138 valence electrons. The zero-order chi connectivity index (χ0) is 18.6. The summed E-state index contributed by atoms with van der Waals surface area (Å²) in [4.78, 5) is 2.48. The van der Waals surface area contributed by atoms with Crippen LogP contribution in [-0.4, -0.2) is 42.3 Å². The summed E-state index contributed by atoms with van der Waals surface area (Å²) in [5, 5.41) is 10.6. The molecule has 3 aromatic carbocycles. The van der Waals surface area contributed by atoms with Gasteiger partial charge in [-0.2, -0.15) is 5.10 Å². The summed E-state index contributed by atoms with van der Waals surface area (Å²) in [6, 6.07) is 20.6. The first-order valence-electron chi connectivity index (χ1n) is 9.12. The van der Waals surface area contributed by atoms with Crippen LogP contribution in [0, 0.1) is 0 Å². The summed E-state index contributed by atoms with van der Waals surface area (Å²) in [6.45, 7) is 4.72. The Morgan fingerprint density at radius 3 is 2.26 bits per heavy atom. The molecule has 0 bridgehead atoms. The van der Waals surface area contributed by atoms with Gasteiger partial charge in [-0.1, -0.05) is 71.7 Å². The Labute approximate surface area is 169 Å². The van der Waals surface area contributed by atoms with Crippen LogP contribution in [0.4, 0.5) is 0 Å². The largest absolute Gasteiger partial charge is 0.295 e. The van der Waals surface area contributed by atoms with Crippen LogP contribution in [-0.2, 0) is 6.54 Å². The van der Waals surface area contributed by atoms with Gasteiger partial charge in [-0.15, -0.1) is 0 Å². The molecule has 1 aliphatic heterocycles. The second kappa shape index (κ2) is 8.30. The molecule has 0 saturated carbocycles. The molecule has 3 aromatic rings. The van der Waals surface area contributed by atoms with E-state index in [2.05, 4.69) is 57.5 Å². The Balaban J connectivity index is 1.38. The first-order chi connectivity index (χ1) is 13.2. The Bertz CT molecular complexity index is 937. The van der Waals surface area contributed by atoms with Crippen LogP contribution in [0.25, 0.3) is 10.8 Å². The normalized spacial score (nSPS) is 15.7. The van der Waals surface area contributed by atoms with Gasteiger partial charge in [-0.05, 0) is 28.5 Å². The smallest absolute Gasteiger partial charge is 0.0572 e. The SMILES string of the molecule is Clc1cccc(Cl)c1/C=N/N1CCN(Cc2cccc3ccccc23)CC1. The summed E-state index contributed by atoms with van der Waals surface area (Å²) in [6.07, 6.45) is 1.77. The lowest BCUT2D eigenvalue weighted by atomic mass is 10.0. The van der Waals surface area contributed by atoms with Crippen molar-refractivity contribution in [2.45, 2.75) is 6.54 Å². The van der Waals surface area contributed by atoms with E-state index in [1.807, 2.05) is 18.2 Å². The van der Waals surface area contributed by atoms with Crippen molar-refractivity contribution in [1.82, 2.24) is 9.91 Å². The number of halogens is 2. The Hall–Kier alpha value is -2.07. The van der Waals surface area contributed by atoms with E-state index in [9.17, 15) is 0 Å². The number of nitrogens with zero attached hydrogens (tertiary/aromatic N) is 3. The van der Waals surface area contributed by atoms with Gasteiger partial charge in [-0.25, -0.2) is 0 Å². The van der Waals surface area contributed by atoms with E-state index >= 15 is 0 Å². The minimum atomic E-state index is 0.626. The average molecular weight is 398 g/mol. The highest BCUT2D eigenvalue weighted by molar-refractivity contribution is 6.38.